The van der Waals surface area contributed by atoms with Gasteiger partial charge < -0.3 is 5.32 Å². The van der Waals surface area contributed by atoms with Crippen molar-refractivity contribution in [2.45, 2.75) is 31.7 Å². The van der Waals surface area contributed by atoms with Gasteiger partial charge in [0.2, 0.25) is 5.91 Å². The van der Waals surface area contributed by atoms with Crippen LogP contribution in [-0.4, -0.2) is 11.4 Å². The van der Waals surface area contributed by atoms with E-state index in [0.29, 0.717) is 16.5 Å². The van der Waals surface area contributed by atoms with Gasteiger partial charge in [0.1, 0.15) is 0 Å². The number of hydrogen-bond donors (Lipinski definition) is 1. The molecule has 1 fully saturated rings. The molecule has 0 spiro atoms. The molecule has 1 heterocycles. The molecule has 0 aliphatic carbocycles. The summed E-state index contributed by atoms with van der Waals surface area (Å²) in [5.41, 5.74) is 0.896. The van der Waals surface area contributed by atoms with Gasteiger partial charge in [-0.05, 0) is 43.5 Å². The zero-order valence-corrected chi connectivity index (χ0v) is 10.5. The van der Waals surface area contributed by atoms with Crippen molar-refractivity contribution in [1.82, 2.24) is 5.32 Å². The Labute approximate surface area is 105 Å². The van der Waals surface area contributed by atoms with Crippen molar-refractivity contribution < 1.29 is 4.79 Å². The van der Waals surface area contributed by atoms with Crippen LogP contribution >= 0.6 is 23.2 Å². The lowest BCUT2D eigenvalue weighted by molar-refractivity contribution is -0.119. The molecule has 1 aromatic rings. The van der Waals surface area contributed by atoms with Crippen molar-refractivity contribution >= 4 is 29.1 Å². The van der Waals surface area contributed by atoms with E-state index in [1.165, 1.54) is 0 Å². The minimum Gasteiger partial charge on any atom is -0.351 e. The Balaban J connectivity index is 2.17. The van der Waals surface area contributed by atoms with Gasteiger partial charge in [0.05, 0.1) is 0 Å². The Kier molecular flexibility index (Phi) is 3.13. The lowest BCUT2D eigenvalue weighted by Gasteiger charge is -2.24. The number of halogens is 2. The Bertz CT molecular complexity index is 413. The second-order valence-corrected chi connectivity index (χ2v) is 5.44. The zero-order chi connectivity index (χ0) is 11.8. The van der Waals surface area contributed by atoms with Crippen LogP contribution < -0.4 is 5.32 Å². The van der Waals surface area contributed by atoms with E-state index in [0.717, 1.165) is 18.4 Å². The number of amides is 1. The Morgan fingerprint density at radius 1 is 1.31 bits per heavy atom. The fraction of sp³-hybridized carbons (Fsp3) is 0.417. The van der Waals surface area contributed by atoms with Crippen molar-refractivity contribution in [2.75, 3.05) is 0 Å². The highest BCUT2D eigenvalue weighted by atomic mass is 35.5. The second kappa shape index (κ2) is 4.27. The van der Waals surface area contributed by atoms with Crippen LogP contribution in [0.2, 0.25) is 10.0 Å². The first-order valence-electron chi connectivity index (χ1n) is 5.23. The predicted octanol–water partition coefficient (Wildman–Crippen LogP) is 3.20. The summed E-state index contributed by atoms with van der Waals surface area (Å²) in [7, 11) is 0. The smallest absolute Gasteiger partial charge is 0.220 e. The molecule has 1 saturated heterocycles. The molecule has 2 rings (SSSR count). The van der Waals surface area contributed by atoms with Crippen LogP contribution in [0.3, 0.4) is 0 Å². The molecular weight excluding hydrogens is 245 g/mol. The SMILES string of the molecule is CC1(Cc2cc(Cl)cc(Cl)c2)CCC(=O)N1. The summed E-state index contributed by atoms with van der Waals surface area (Å²) in [4.78, 5) is 11.2. The lowest BCUT2D eigenvalue weighted by Crippen LogP contribution is -2.40. The minimum atomic E-state index is -0.162. The van der Waals surface area contributed by atoms with Gasteiger partial charge in [-0.25, -0.2) is 0 Å². The van der Waals surface area contributed by atoms with Gasteiger partial charge in [-0.1, -0.05) is 23.2 Å². The third-order valence-corrected chi connectivity index (χ3v) is 3.30. The fourth-order valence-electron chi connectivity index (χ4n) is 2.15. The van der Waals surface area contributed by atoms with Crippen molar-refractivity contribution in [3.8, 4) is 0 Å². The van der Waals surface area contributed by atoms with E-state index >= 15 is 0 Å². The standard InChI is InChI=1S/C12H13Cl2NO/c1-12(3-2-11(16)15-12)7-8-4-9(13)6-10(14)5-8/h4-6H,2-3,7H2,1H3,(H,15,16). The maximum atomic E-state index is 11.2. The number of carbonyl (C=O) groups is 1. The van der Waals surface area contributed by atoms with Gasteiger partial charge in [0.25, 0.3) is 0 Å². The first kappa shape index (κ1) is 11.7. The molecule has 16 heavy (non-hydrogen) atoms. The molecule has 0 bridgehead atoms. The molecule has 1 amide bonds. The van der Waals surface area contributed by atoms with E-state index in [1.807, 2.05) is 19.1 Å². The Morgan fingerprint density at radius 3 is 2.44 bits per heavy atom. The maximum absolute atomic E-state index is 11.2. The number of carbonyl (C=O) groups excluding carboxylic acids is 1. The largest absolute Gasteiger partial charge is 0.351 e. The number of benzene rings is 1. The molecule has 1 aromatic carbocycles. The number of rotatable bonds is 2. The highest BCUT2D eigenvalue weighted by Crippen LogP contribution is 2.27. The Hall–Kier alpha value is -0.730. The third-order valence-electron chi connectivity index (χ3n) is 2.86. The summed E-state index contributed by atoms with van der Waals surface area (Å²) < 4.78 is 0. The van der Waals surface area contributed by atoms with E-state index in [4.69, 9.17) is 23.2 Å². The minimum absolute atomic E-state index is 0.121. The van der Waals surface area contributed by atoms with Crippen LogP contribution in [0, 0.1) is 0 Å². The highest BCUT2D eigenvalue weighted by Gasteiger charge is 2.32. The summed E-state index contributed by atoms with van der Waals surface area (Å²) in [5, 5.41) is 4.26. The quantitative estimate of drug-likeness (QED) is 0.867. The molecular formula is C12H13Cl2NO. The van der Waals surface area contributed by atoms with E-state index in [9.17, 15) is 4.79 Å². The van der Waals surface area contributed by atoms with Gasteiger partial charge in [-0.15, -0.1) is 0 Å². The molecule has 1 aliphatic rings. The molecule has 1 N–H and O–H groups in total. The molecule has 0 saturated carbocycles. The van der Waals surface area contributed by atoms with Gasteiger partial charge in [0, 0.05) is 22.0 Å². The van der Waals surface area contributed by atoms with E-state index in [2.05, 4.69) is 5.32 Å². The first-order valence-corrected chi connectivity index (χ1v) is 5.98. The van der Waals surface area contributed by atoms with Crippen molar-refractivity contribution in [3.63, 3.8) is 0 Å². The van der Waals surface area contributed by atoms with Crippen molar-refractivity contribution in [3.05, 3.63) is 33.8 Å². The second-order valence-electron chi connectivity index (χ2n) is 4.56. The van der Waals surface area contributed by atoms with E-state index in [-0.39, 0.29) is 11.4 Å². The summed E-state index contributed by atoms with van der Waals surface area (Å²) in [6.07, 6.45) is 2.22. The summed E-state index contributed by atoms with van der Waals surface area (Å²) >= 11 is 11.9. The van der Waals surface area contributed by atoms with Gasteiger partial charge in [-0.2, -0.15) is 0 Å². The van der Waals surface area contributed by atoms with Gasteiger partial charge in [-0.3, -0.25) is 4.79 Å². The topological polar surface area (TPSA) is 29.1 Å². The molecule has 0 radical (unpaired) electrons. The number of nitrogens with one attached hydrogen (secondary N) is 1. The Morgan fingerprint density at radius 2 is 1.94 bits per heavy atom. The normalized spacial score (nSPS) is 24.6. The summed E-state index contributed by atoms with van der Waals surface area (Å²) in [5.74, 6) is 0.121. The summed E-state index contributed by atoms with van der Waals surface area (Å²) in [6, 6.07) is 5.49. The van der Waals surface area contributed by atoms with E-state index < -0.39 is 0 Å². The number of hydrogen-bond acceptors (Lipinski definition) is 1. The average molecular weight is 258 g/mol. The lowest BCUT2D eigenvalue weighted by atomic mass is 9.91. The van der Waals surface area contributed by atoms with Crippen molar-refractivity contribution in [1.29, 1.82) is 0 Å². The molecule has 4 heteroatoms. The van der Waals surface area contributed by atoms with Crippen molar-refractivity contribution in [2.24, 2.45) is 0 Å². The predicted molar refractivity (Wildman–Crippen MR) is 65.9 cm³/mol. The van der Waals surface area contributed by atoms with Crippen LogP contribution in [-0.2, 0) is 11.2 Å². The highest BCUT2D eigenvalue weighted by molar-refractivity contribution is 6.34. The van der Waals surface area contributed by atoms with Crippen LogP contribution in [0.1, 0.15) is 25.3 Å². The third kappa shape index (κ3) is 2.69. The molecule has 1 atom stereocenters. The molecule has 2 nitrogen and oxygen atoms in total. The van der Waals surface area contributed by atoms with E-state index in [1.54, 1.807) is 6.07 Å². The maximum Gasteiger partial charge on any atom is 0.220 e. The average Bonchev–Trinajstić information content (AvgIpc) is 2.43. The van der Waals surface area contributed by atoms with Gasteiger partial charge >= 0.3 is 0 Å². The molecule has 86 valence electrons. The monoisotopic (exact) mass is 257 g/mol. The van der Waals surface area contributed by atoms with Crippen LogP contribution in [0.5, 0.6) is 0 Å². The molecule has 1 unspecified atom stereocenters. The zero-order valence-electron chi connectivity index (χ0n) is 9.02. The van der Waals surface area contributed by atoms with Gasteiger partial charge in [0.15, 0.2) is 0 Å². The molecule has 0 aromatic heterocycles. The summed E-state index contributed by atoms with van der Waals surface area (Å²) in [6.45, 7) is 2.05. The fourth-order valence-corrected chi connectivity index (χ4v) is 2.72. The van der Waals surface area contributed by atoms with Crippen LogP contribution in [0.4, 0.5) is 0 Å². The molecule has 1 aliphatic heterocycles. The first-order chi connectivity index (χ1) is 7.47. The van der Waals surface area contributed by atoms with Crippen LogP contribution in [0.15, 0.2) is 18.2 Å². The van der Waals surface area contributed by atoms with Crippen LogP contribution in [0.25, 0.3) is 0 Å².